The topological polar surface area (TPSA) is 44.4 Å². The first-order chi connectivity index (χ1) is 12.0. The molecule has 134 valence electrons. The number of hydrogen-bond donors (Lipinski definition) is 2. The maximum atomic E-state index is 12.1. The molecule has 4 nitrogen and oxygen atoms in total. The molecule has 2 N–H and O–H groups in total. The van der Waals surface area contributed by atoms with Crippen LogP contribution >= 0.6 is 0 Å². The van der Waals surface area contributed by atoms with Crippen LogP contribution < -0.4 is 15.5 Å². The summed E-state index contributed by atoms with van der Waals surface area (Å²) in [5.74, 6) is 0.459. The standard InChI is InChI=1S/C21H29N3O/c1-5-24(6-2)20-13-11-19(12-14-20)23-21(25)15-22-18-9-7-17(8-10-18)16(3)4/h7-14,16,22H,5-6,15H2,1-4H3,(H,23,25). The van der Waals surface area contributed by atoms with Gasteiger partial charge in [-0.3, -0.25) is 4.79 Å². The van der Waals surface area contributed by atoms with Crippen molar-refractivity contribution in [2.75, 3.05) is 35.2 Å². The summed E-state index contributed by atoms with van der Waals surface area (Å²) in [5.41, 5.74) is 4.24. The second-order valence-electron chi connectivity index (χ2n) is 6.40. The van der Waals surface area contributed by atoms with Crippen LogP contribution in [0.5, 0.6) is 0 Å². The number of hydrogen-bond acceptors (Lipinski definition) is 3. The molecule has 0 aromatic heterocycles. The monoisotopic (exact) mass is 339 g/mol. The minimum Gasteiger partial charge on any atom is -0.376 e. The van der Waals surface area contributed by atoms with Crippen molar-refractivity contribution in [2.24, 2.45) is 0 Å². The number of anilines is 3. The van der Waals surface area contributed by atoms with Gasteiger partial charge in [0.2, 0.25) is 5.91 Å². The smallest absolute Gasteiger partial charge is 0.243 e. The molecule has 2 aromatic carbocycles. The predicted molar refractivity (Wildman–Crippen MR) is 108 cm³/mol. The molecular weight excluding hydrogens is 310 g/mol. The molecule has 0 aliphatic heterocycles. The van der Waals surface area contributed by atoms with Gasteiger partial charge in [-0.1, -0.05) is 26.0 Å². The van der Waals surface area contributed by atoms with Crippen molar-refractivity contribution in [3.05, 3.63) is 54.1 Å². The van der Waals surface area contributed by atoms with Gasteiger partial charge in [-0.2, -0.15) is 0 Å². The van der Waals surface area contributed by atoms with Crippen LogP contribution in [0.4, 0.5) is 17.1 Å². The minimum atomic E-state index is -0.0523. The maximum Gasteiger partial charge on any atom is 0.243 e. The second-order valence-corrected chi connectivity index (χ2v) is 6.40. The maximum absolute atomic E-state index is 12.1. The van der Waals surface area contributed by atoms with Crippen molar-refractivity contribution < 1.29 is 4.79 Å². The lowest BCUT2D eigenvalue weighted by molar-refractivity contribution is -0.114. The zero-order valence-corrected chi connectivity index (χ0v) is 15.7. The number of rotatable bonds is 8. The van der Waals surface area contributed by atoms with Gasteiger partial charge < -0.3 is 15.5 Å². The van der Waals surface area contributed by atoms with Crippen LogP contribution in [0.25, 0.3) is 0 Å². The normalized spacial score (nSPS) is 10.6. The Morgan fingerprint density at radius 2 is 1.48 bits per heavy atom. The summed E-state index contributed by atoms with van der Waals surface area (Å²) in [5, 5.41) is 6.08. The summed E-state index contributed by atoms with van der Waals surface area (Å²) in [6, 6.07) is 16.2. The number of nitrogens with zero attached hydrogens (tertiary/aromatic N) is 1. The Kier molecular flexibility index (Phi) is 6.87. The lowest BCUT2D eigenvalue weighted by atomic mass is 10.0. The average Bonchev–Trinajstić information content (AvgIpc) is 2.63. The molecular formula is C21H29N3O. The SMILES string of the molecule is CCN(CC)c1ccc(NC(=O)CNc2ccc(C(C)C)cc2)cc1. The number of carbonyl (C=O) groups excluding carboxylic acids is 1. The molecule has 0 unspecified atom stereocenters. The Labute approximate surface area is 151 Å². The number of benzene rings is 2. The fourth-order valence-electron chi connectivity index (χ4n) is 2.72. The van der Waals surface area contributed by atoms with Gasteiger partial charge in [-0.25, -0.2) is 0 Å². The summed E-state index contributed by atoms with van der Waals surface area (Å²) in [6.07, 6.45) is 0. The predicted octanol–water partition coefficient (Wildman–Crippen LogP) is 4.71. The third-order valence-corrected chi connectivity index (χ3v) is 4.31. The van der Waals surface area contributed by atoms with Gasteiger partial charge in [0, 0.05) is 30.2 Å². The lowest BCUT2D eigenvalue weighted by Gasteiger charge is -2.21. The van der Waals surface area contributed by atoms with Crippen LogP contribution in [-0.4, -0.2) is 25.5 Å². The molecule has 0 saturated carbocycles. The van der Waals surface area contributed by atoms with Crippen LogP contribution in [0.15, 0.2) is 48.5 Å². The third-order valence-electron chi connectivity index (χ3n) is 4.31. The fraction of sp³-hybridized carbons (Fsp3) is 0.381. The van der Waals surface area contributed by atoms with E-state index in [1.165, 1.54) is 11.3 Å². The van der Waals surface area contributed by atoms with Gasteiger partial charge in [0.1, 0.15) is 0 Å². The van der Waals surface area contributed by atoms with Gasteiger partial charge >= 0.3 is 0 Å². The van der Waals surface area contributed by atoms with E-state index >= 15 is 0 Å². The lowest BCUT2D eigenvalue weighted by Crippen LogP contribution is -2.23. The van der Waals surface area contributed by atoms with Crippen LogP contribution in [0.2, 0.25) is 0 Å². The van der Waals surface area contributed by atoms with Crippen LogP contribution in [-0.2, 0) is 4.79 Å². The van der Waals surface area contributed by atoms with Gasteiger partial charge in [-0.15, -0.1) is 0 Å². The molecule has 0 fully saturated rings. The second kappa shape index (κ2) is 9.11. The van der Waals surface area contributed by atoms with E-state index in [1.54, 1.807) is 0 Å². The van der Waals surface area contributed by atoms with Crippen LogP contribution in [0, 0.1) is 0 Å². The van der Waals surface area contributed by atoms with E-state index in [1.807, 2.05) is 36.4 Å². The van der Waals surface area contributed by atoms with E-state index in [0.717, 1.165) is 24.5 Å². The van der Waals surface area contributed by atoms with E-state index in [0.29, 0.717) is 5.92 Å². The highest BCUT2D eigenvalue weighted by molar-refractivity contribution is 5.93. The molecule has 1 amide bonds. The first-order valence-corrected chi connectivity index (χ1v) is 9.02. The molecule has 2 rings (SSSR count). The molecule has 0 radical (unpaired) electrons. The van der Waals surface area contributed by atoms with Crippen molar-refractivity contribution in [1.82, 2.24) is 0 Å². The Bertz CT molecular complexity index is 659. The molecule has 0 atom stereocenters. The van der Waals surface area contributed by atoms with Crippen LogP contribution in [0.3, 0.4) is 0 Å². The van der Waals surface area contributed by atoms with Gasteiger partial charge in [0.05, 0.1) is 6.54 Å². The molecule has 0 aliphatic rings. The molecule has 4 heteroatoms. The molecule has 0 aliphatic carbocycles. The average molecular weight is 339 g/mol. The van der Waals surface area contributed by atoms with Crippen molar-refractivity contribution in [2.45, 2.75) is 33.6 Å². The van der Waals surface area contributed by atoms with E-state index in [9.17, 15) is 4.79 Å². The highest BCUT2D eigenvalue weighted by Crippen LogP contribution is 2.18. The molecule has 0 saturated heterocycles. The highest BCUT2D eigenvalue weighted by Gasteiger charge is 2.05. The summed E-state index contributed by atoms with van der Waals surface area (Å²) in [7, 11) is 0. The van der Waals surface area contributed by atoms with Crippen molar-refractivity contribution in [3.8, 4) is 0 Å². The number of nitrogens with one attached hydrogen (secondary N) is 2. The van der Waals surface area contributed by atoms with E-state index in [4.69, 9.17) is 0 Å². The molecule has 25 heavy (non-hydrogen) atoms. The zero-order valence-electron chi connectivity index (χ0n) is 15.7. The quantitative estimate of drug-likeness (QED) is 0.732. The number of carbonyl (C=O) groups is 1. The Morgan fingerprint density at radius 1 is 0.920 bits per heavy atom. The van der Waals surface area contributed by atoms with E-state index in [-0.39, 0.29) is 12.5 Å². The van der Waals surface area contributed by atoms with Crippen molar-refractivity contribution in [1.29, 1.82) is 0 Å². The summed E-state index contributed by atoms with van der Waals surface area (Å²) < 4.78 is 0. The van der Waals surface area contributed by atoms with Gasteiger partial charge in [-0.05, 0) is 61.7 Å². The highest BCUT2D eigenvalue weighted by atomic mass is 16.1. The molecule has 0 bridgehead atoms. The van der Waals surface area contributed by atoms with Crippen molar-refractivity contribution >= 4 is 23.0 Å². The summed E-state index contributed by atoms with van der Waals surface area (Å²) >= 11 is 0. The van der Waals surface area contributed by atoms with E-state index < -0.39 is 0 Å². The third kappa shape index (κ3) is 5.52. The zero-order chi connectivity index (χ0) is 18.2. The fourth-order valence-corrected chi connectivity index (χ4v) is 2.72. The Hall–Kier alpha value is -2.49. The first kappa shape index (κ1) is 18.8. The van der Waals surface area contributed by atoms with Crippen molar-refractivity contribution in [3.63, 3.8) is 0 Å². The van der Waals surface area contributed by atoms with Gasteiger partial charge in [0.15, 0.2) is 0 Å². The summed E-state index contributed by atoms with van der Waals surface area (Å²) in [6.45, 7) is 10.8. The van der Waals surface area contributed by atoms with Gasteiger partial charge in [0.25, 0.3) is 0 Å². The minimum absolute atomic E-state index is 0.0523. The largest absolute Gasteiger partial charge is 0.376 e. The van der Waals surface area contributed by atoms with Crippen LogP contribution in [0.1, 0.15) is 39.2 Å². The first-order valence-electron chi connectivity index (χ1n) is 9.02. The molecule has 0 heterocycles. The Balaban J connectivity index is 1.85. The molecule has 0 spiro atoms. The van der Waals surface area contributed by atoms with E-state index in [2.05, 4.69) is 55.4 Å². The summed E-state index contributed by atoms with van der Waals surface area (Å²) in [4.78, 5) is 14.4. The number of amides is 1. The molecule has 2 aromatic rings. The Morgan fingerprint density at radius 3 is 2.00 bits per heavy atom.